The molecule has 0 spiro atoms. The van der Waals surface area contributed by atoms with E-state index >= 15 is 0 Å². The first-order valence-corrected chi connectivity index (χ1v) is 5.91. The number of nitrogens with zero attached hydrogens (tertiary/aromatic N) is 2. The van der Waals surface area contributed by atoms with E-state index in [1.54, 1.807) is 4.90 Å². The third kappa shape index (κ3) is 2.26. The maximum atomic E-state index is 12.2. The molecule has 1 aliphatic rings. The maximum Gasteiger partial charge on any atom is 0.324 e. The largest absolute Gasteiger partial charge is 0.324 e. The molecule has 0 aliphatic carbocycles. The zero-order valence-electron chi connectivity index (χ0n) is 10.6. The molecule has 17 heavy (non-hydrogen) atoms. The van der Waals surface area contributed by atoms with Crippen LogP contribution in [-0.4, -0.2) is 37.6 Å². The number of amides is 2. The standard InChI is InChI=1S/C13H19N3O/c1-10(14-2)8-16-12-7-5-4-6-11(12)9-15(3)13(16)17/h4-7,10,14H,8-9H2,1-3H3. The number of carbonyl (C=O) groups is 1. The molecule has 1 unspecified atom stereocenters. The van der Waals surface area contributed by atoms with Crippen LogP contribution in [0, 0.1) is 0 Å². The molecule has 1 atom stereocenters. The van der Waals surface area contributed by atoms with Gasteiger partial charge in [0, 0.05) is 26.2 Å². The number of rotatable bonds is 3. The molecule has 0 bridgehead atoms. The Morgan fingerprint density at radius 2 is 2.12 bits per heavy atom. The first-order valence-electron chi connectivity index (χ1n) is 5.91. The average Bonchev–Trinajstić information content (AvgIpc) is 2.34. The van der Waals surface area contributed by atoms with E-state index in [0.29, 0.717) is 13.1 Å². The van der Waals surface area contributed by atoms with E-state index in [0.717, 1.165) is 5.69 Å². The van der Waals surface area contributed by atoms with Crippen LogP contribution >= 0.6 is 0 Å². The Labute approximate surface area is 102 Å². The van der Waals surface area contributed by atoms with Crippen LogP contribution in [0.5, 0.6) is 0 Å². The Kier molecular flexibility index (Phi) is 3.33. The number of benzene rings is 1. The van der Waals surface area contributed by atoms with Gasteiger partial charge >= 0.3 is 6.03 Å². The van der Waals surface area contributed by atoms with Gasteiger partial charge in [-0.2, -0.15) is 0 Å². The SMILES string of the molecule is CNC(C)CN1C(=O)N(C)Cc2ccccc21. The van der Waals surface area contributed by atoms with Crippen molar-refractivity contribution < 1.29 is 4.79 Å². The maximum absolute atomic E-state index is 12.2. The average molecular weight is 233 g/mol. The van der Waals surface area contributed by atoms with E-state index in [-0.39, 0.29) is 12.1 Å². The molecule has 0 radical (unpaired) electrons. The van der Waals surface area contributed by atoms with Gasteiger partial charge in [-0.3, -0.25) is 4.90 Å². The van der Waals surface area contributed by atoms with Crippen LogP contribution in [0.25, 0.3) is 0 Å². The molecule has 0 saturated carbocycles. The lowest BCUT2D eigenvalue weighted by molar-refractivity contribution is 0.209. The monoisotopic (exact) mass is 233 g/mol. The number of carbonyl (C=O) groups excluding carboxylic acids is 1. The number of anilines is 1. The molecule has 4 nitrogen and oxygen atoms in total. The zero-order valence-corrected chi connectivity index (χ0v) is 10.6. The van der Waals surface area contributed by atoms with Crippen molar-refractivity contribution in [3.05, 3.63) is 29.8 Å². The minimum absolute atomic E-state index is 0.0748. The molecule has 1 aromatic carbocycles. The lowest BCUT2D eigenvalue weighted by Gasteiger charge is -2.36. The Morgan fingerprint density at radius 3 is 2.82 bits per heavy atom. The first kappa shape index (κ1) is 11.9. The molecule has 1 heterocycles. The van der Waals surface area contributed by atoms with E-state index in [2.05, 4.69) is 18.3 Å². The zero-order chi connectivity index (χ0) is 12.4. The molecule has 4 heteroatoms. The molecule has 0 saturated heterocycles. The summed E-state index contributed by atoms with van der Waals surface area (Å²) < 4.78 is 0. The van der Waals surface area contributed by atoms with Crippen LogP contribution < -0.4 is 10.2 Å². The van der Waals surface area contributed by atoms with Crippen molar-refractivity contribution in [1.82, 2.24) is 10.2 Å². The highest BCUT2D eigenvalue weighted by Crippen LogP contribution is 2.27. The van der Waals surface area contributed by atoms with Crippen LogP contribution in [0.1, 0.15) is 12.5 Å². The van der Waals surface area contributed by atoms with Crippen LogP contribution in [0.4, 0.5) is 10.5 Å². The highest BCUT2D eigenvalue weighted by molar-refractivity contribution is 5.94. The Hall–Kier alpha value is -1.55. The molecule has 0 fully saturated rings. The summed E-state index contributed by atoms with van der Waals surface area (Å²) in [7, 11) is 3.75. The van der Waals surface area contributed by atoms with Crippen LogP contribution in [0.3, 0.4) is 0 Å². The van der Waals surface area contributed by atoms with E-state index in [9.17, 15) is 4.79 Å². The van der Waals surface area contributed by atoms with Crippen LogP contribution in [0.2, 0.25) is 0 Å². The fraction of sp³-hybridized carbons (Fsp3) is 0.462. The van der Waals surface area contributed by atoms with E-state index in [1.165, 1.54) is 5.56 Å². The van der Waals surface area contributed by atoms with E-state index in [4.69, 9.17) is 0 Å². The number of nitrogens with one attached hydrogen (secondary N) is 1. The molecule has 1 N–H and O–H groups in total. The van der Waals surface area contributed by atoms with Crippen molar-refractivity contribution in [2.75, 3.05) is 25.5 Å². The highest BCUT2D eigenvalue weighted by atomic mass is 16.2. The molecule has 2 rings (SSSR count). The fourth-order valence-corrected chi connectivity index (χ4v) is 2.08. The van der Waals surface area contributed by atoms with Crippen molar-refractivity contribution in [2.45, 2.75) is 19.5 Å². The Morgan fingerprint density at radius 1 is 1.41 bits per heavy atom. The van der Waals surface area contributed by atoms with Gasteiger partial charge in [0.2, 0.25) is 0 Å². The van der Waals surface area contributed by atoms with Crippen molar-refractivity contribution in [1.29, 1.82) is 0 Å². The molecule has 1 aromatic rings. The Bertz CT molecular complexity index is 419. The highest BCUT2D eigenvalue weighted by Gasteiger charge is 2.28. The number of hydrogen-bond donors (Lipinski definition) is 1. The number of fused-ring (bicyclic) bond motifs is 1. The topological polar surface area (TPSA) is 35.6 Å². The van der Waals surface area contributed by atoms with Gasteiger partial charge in [-0.05, 0) is 25.6 Å². The summed E-state index contributed by atoms with van der Waals surface area (Å²) >= 11 is 0. The number of likely N-dealkylation sites (N-methyl/N-ethyl adjacent to an activating group) is 1. The molecular weight excluding hydrogens is 214 g/mol. The van der Waals surface area contributed by atoms with E-state index < -0.39 is 0 Å². The minimum Gasteiger partial charge on any atom is -0.323 e. The van der Waals surface area contributed by atoms with Crippen molar-refractivity contribution >= 4 is 11.7 Å². The quantitative estimate of drug-likeness (QED) is 0.862. The first-order chi connectivity index (χ1) is 8.13. The molecular formula is C13H19N3O. The molecule has 2 amide bonds. The van der Waals surface area contributed by atoms with Gasteiger partial charge in [0.05, 0.1) is 5.69 Å². The second-order valence-corrected chi connectivity index (χ2v) is 4.57. The van der Waals surface area contributed by atoms with Gasteiger partial charge in [0.15, 0.2) is 0 Å². The summed E-state index contributed by atoms with van der Waals surface area (Å²) in [5.74, 6) is 0. The summed E-state index contributed by atoms with van der Waals surface area (Å²) in [5.41, 5.74) is 2.25. The predicted octanol–water partition coefficient (Wildman–Crippen LogP) is 1.67. The lowest BCUT2D eigenvalue weighted by Crippen LogP contribution is -2.49. The van der Waals surface area contributed by atoms with Gasteiger partial charge in [-0.15, -0.1) is 0 Å². The third-order valence-electron chi connectivity index (χ3n) is 3.20. The number of urea groups is 1. The second kappa shape index (κ2) is 4.75. The number of para-hydroxylation sites is 1. The van der Waals surface area contributed by atoms with Crippen LogP contribution in [0.15, 0.2) is 24.3 Å². The van der Waals surface area contributed by atoms with E-state index in [1.807, 2.05) is 37.2 Å². The number of hydrogen-bond acceptors (Lipinski definition) is 2. The lowest BCUT2D eigenvalue weighted by atomic mass is 10.1. The summed E-state index contributed by atoms with van der Waals surface area (Å²) in [5, 5.41) is 3.17. The molecule has 1 aliphatic heterocycles. The summed E-state index contributed by atoms with van der Waals surface area (Å²) in [6.45, 7) is 3.46. The van der Waals surface area contributed by atoms with Gasteiger partial charge in [-0.25, -0.2) is 4.79 Å². The van der Waals surface area contributed by atoms with Gasteiger partial charge < -0.3 is 10.2 Å². The fourth-order valence-electron chi connectivity index (χ4n) is 2.08. The summed E-state index contributed by atoms with van der Waals surface area (Å²) in [6.07, 6.45) is 0. The smallest absolute Gasteiger partial charge is 0.323 e. The van der Waals surface area contributed by atoms with Gasteiger partial charge in [0.1, 0.15) is 0 Å². The van der Waals surface area contributed by atoms with Gasteiger partial charge in [0.25, 0.3) is 0 Å². The second-order valence-electron chi connectivity index (χ2n) is 4.57. The Balaban J connectivity index is 2.32. The van der Waals surface area contributed by atoms with Crippen molar-refractivity contribution in [2.24, 2.45) is 0 Å². The van der Waals surface area contributed by atoms with Crippen LogP contribution in [-0.2, 0) is 6.54 Å². The normalized spacial score (nSPS) is 17.0. The summed E-state index contributed by atoms with van der Waals surface area (Å²) in [6, 6.07) is 8.44. The van der Waals surface area contributed by atoms with Crippen molar-refractivity contribution in [3.63, 3.8) is 0 Å². The summed E-state index contributed by atoms with van der Waals surface area (Å²) in [4.78, 5) is 15.8. The van der Waals surface area contributed by atoms with Crippen molar-refractivity contribution in [3.8, 4) is 0 Å². The molecule has 92 valence electrons. The van der Waals surface area contributed by atoms with Gasteiger partial charge in [-0.1, -0.05) is 18.2 Å². The minimum atomic E-state index is 0.0748. The molecule has 0 aromatic heterocycles. The predicted molar refractivity (Wildman–Crippen MR) is 69.2 cm³/mol. The third-order valence-corrected chi connectivity index (χ3v) is 3.20.